The third-order valence-electron chi connectivity index (χ3n) is 1.36. The number of carbonyl (C=O) groups is 2. The summed E-state index contributed by atoms with van der Waals surface area (Å²) in [5.41, 5.74) is 0. The molecule has 0 aliphatic rings. The number of esters is 2. The van der Waals surface area contributed by atoms with E-state index in [0.717, 1.165) is 0 Å². The molecular formula is C12H14O4. The number of hydrogen-bond acceptors (Lipinski definition) is 4. The molecule has 0 aromatic heterocycles. The van der Waals surface area contributed by atoms with Crippen molar-refractivity contribution < 1.29 is 19.1 Å². The van der Waals surface area contributed by atoms with Crippen molar-refractivity contribution in [3.8, 4) is 0 Å². The summed E-state index contributed by atoms with van der Waals surface area (Å²) in [4.78, 5) is 22.0. The maximum Gasteiger partial charge on any atom is 0.311 e. The molecule has 0 aromatic carbocycles. The number of ether oxygens (including phenoxy) is 2. The minimum absolute atomic E-state index is 0.0256. The van der Waals surface area contributed by atoms with E-state index in [-0.39, 0.29) is 12.8 Å². The van der Waals surface area contributed by atoms with Crippen LogP contribution in [-0.4, -0.2) is 11.9 Å². The van der Waals surface area contributed by atoms with E-state index in [0.29, 0.717) is 0 Å². The molecule has 0 heterocycles. The van der Waals surface area contributed by atoms with Gasteiger partial charge in [0.1, 0.15) is 0 Å². The zero-order chi connectivity index (χ0) is 12.2. The number of carbonyl (C=O) groups excluding carboxylic acids is 2. The Labute approximate surface area is 94.5 Å². The molecule has 0 unspecified atom stereocenters. The van der Waals surface area contributed by atoms with Crippen molar-refractivity contribution in [2.24, 2.45) is 0 Å². The molecule has 0 aliphatic carbocycles. The topological polar surface area (TPSA) is 52.6 Å². The summed E-state index contributed by atoms with van der Waals surface area (Å²) in [5.74, 6) is -0.995. The van der Waals surface area contributed by atoms with Gasteiger partial charge >= 0.3 is 11.9 Å². The van der Waals surface area contributed by atoms with Gasteiger partial charge in [0.25, 0.3) is 0 Å². The first kappa shape index (κ1) is 13.9. The second kappa shape index (κ2) is 9.45. The Bertz CT molecular complexity index is 281. The maximum absolute atomic E-state index is 11.0. The minimum atomic E-state index is -0.497. The molecule has 0 saturated heterocycles. The quantitative estimate of drug-likeness (QED) is 0.376. The smallest absolute Gasteiger partial charge is 0.311 e. The van der Waals surface area contributed by atoms with Crippen LogP contribution in [0.3, 0.4) is 0 Å². The van der Waals surface area contributed by atoms with Gasteiger partial charge in [0.2, 0.25) is 0 Å². The summed E-state index contributed by atoms with van der Waals surface area (Å²) in [7, 11) is 0. The molecule has 0 atom stereocenters. The van der Waals surface area contributed by atoms with Crippen LogP contribution in [0.5, 0.6) is 0 Å². The fraction of sp³-hybridized carbons (Fsp3) is 0.167. The number of rotatable bonds is 7. The molecule has 0 radical (unpaired) electrons. The highest BCUT2D eigenvalue weighted by molar-refractivity contribution is 5.78. The van der Waals surface area contributed by atoms with Gasteiger partial charge in [0.05, 0.1) is 25.4 Å². The Balaban J connectivity index is 3.70. The van der Waals surface area contributed by atoms with Gasteiger partial charge in [-0.25, -0.2) is 0 Å². The summed E-state index contributed by atoms with van der Waals surface area (Å²) in [5, 5.41) is 0. The van der Waals surface area contributed by atoms with Crippen LogP contribution >= 0.6 is 0 Å². The van der Waals surface area contributed by atoms with Crippen LogP contribution in [0.4, 0.5) is 0 Å². The predicted octanol–water partition coefficient (Wildman–Crippen LogP) is 2.25. The lowest BCUT2D eigenvalue weighted by Gasteiger charge is -1.98. The Hall–Kier alpha value is -2.10. The second-order valence-electron chi connectivity index (χ2n) is 2.61. The average Bonchev–Trinajstić information content (AvgIpc) is 2.27. The average molecular weight is 222 g/mol. The van der Waals surface area contributed by atoms with Gasteiger partial charge in [0.15, 0.2) is 0 Å². The fourth-order valence-corrected chi connectivity index (χ4v) is 0.663. The SMILES string of the molecule is C=C/C=C/OC(=O)CCC(=O)O/C=C/C=C. The van der Waals surface area contributed by atoms with Crippen molar-refractivity contribution >= 4 is 11.9 Å². The summed E-state index contributed by atoms with van der Waals surface area (Å²) >= 11 is 0. The van der Waals surface area contributed by atoms with E-state index in [9.17, 15) is 9.59 Å². The molecule has 4 nitrogen and oxygen atoms in total. The minimum Gasteiger partial charge on any atom is -0.434 e. The van der Waals surface area contributed by atoms with Crippen LogP contribution in [0.2, 0.25) is 0 Å². The number of allylic oxidation sites excluding steroid dienone is 4. The van der Waals surface area contributed by atoms with Gasteiger partial charge in [-0.3, -0.25) is 9.59 Å². The Morgan fingerprint density at radius 3 is 1.56 bits per heavy atom. The molecule has 16 heavy (non-hydrogen) atoms. The summed E-state index contributed by atoms with van der Waals surface area (Å²) in [6.07, 6.45) is 8.26. The predicted molar refractivity (Wildman–Crippen MR) is 60.1 cm³/mol. The molecule has 0 rings (SSSR count). The van der Waals surface area contributed by atoms with Crippen LogP contribution in [0.25, 0.3) is 0 Å². The van der Waals surface area contributed by atoms with Crippen molar-refractivity contribution in [3.63, 3.8) is 0 Å². The van der Waals surface area contributed by atoms with Crippen LogP contribution in [0, 0.1) is 0 Å². The lowest BCUT2D eigenvalue weighted by atomic mass is 10.3. The lowest BCUT2D eigenvalue weighted by Crippen LogP contribution is -2.06. The van der Waals surface area contributed by atoms with E-state index in [4.69, 9.17) is 0 Å². The molecular weight excluding hydrogens is 208 g/mol. The first-order chi connectivity index (χ1) is 7.70. The normalized spacial score (nSPS) is 10.2. The molecule has 0 amide bonds. The first-order valence-corrected chi connectivity index (χ1v) is 4.64. The highest BCUT2D eigenvalue weighted by Gasteiger charge is 2.06. The van der Waals surface area contributed by atoms with E-state index in [2.05, 4.69) is 22.6 Å². The standard InChI is InChI=1S/C12H14O4/c1-3-5-9-15-11(13)7-8-12(14)16-10-6-4-2/h3-6,9-10H,1-2,7-8H2/b9-5+,10-6+. The number of hydrogen-bond donors (Lipinski definition) is 0. The van der Waals surface area contributed by atoms with E-state index in [1.807, 2.05) is 0 Å². The van der Waals surface area contributed by atoms with Crippen molar-refractivity contribution in [3.05, 3.63) is 50.0 Å². The van der Waals surface area contributed by atoms with E-state index in [1.54, 1.807) is 0 Å². The highest BCUT2D eigenvalue weighted by atomic mass is 16.5. The van der Waals surface area contributed by atoms with Crippen LogP contribution in [0.1, 0.15) is 12.8 Å². The second-order valence-corrected chi connectivity index (χ2v) is 2.61. The summed E-state index contributed by atoms with van der Waals surface area (Å²) in [6, 6.07) is 0. The molecule has 86 valence electrons. The Morgan fingerprint density at radius 2 is 1.25 bits per heavy atom. The van der Waals surface area contributed by atoms with Crippen LogP contribution < -0.4 is 0 Å². The van der Waals surface area contributed by atoms with E-state index >= 15 is 0 Å². The highest BCUT2D eigenvalue weighted by Crippen LogP contribution is 1.97. The third-order valence-corrected chi connectivity index (χ3v) is 1.36. The van der Waals surface area contributed by atoms with Gasteiger partial charge in [-0.2, -0.15) is 0 Å². The lowest BCUT2D eigenvalue weighted by molar-refractivity contribution is -0.144. The molecule has 0 aromatic rings. The molecule has 0 N–H and O–H groups in total. The van der Waals surface area contributed by atoms with E-state index < -0.39 is 11.9 Å². The van der Waals surface area contributed by atoms with Crippen molar-refractivity contribution in [1.29, 1.82) is 0 Å². The molecule has 0 spiro atoms. The van der Waals surface area contributed by atoms with Crippen LogP contribution in [-0.2, 0) is 19.1 Å². The first-order valence-electron chi connectivity index (χ1n) is 4.64. The van der Waals surface area contributed by atoms with Gasteiger partial charge in [-0.15, -0.1) is 0 Å². The Kier molecular flexibility index (Phi) is 8.21. The Morgan fingerprint density at radius 1 is 0.875 bits per heavy atom. The fourth-order valence-electron chi connectivity index (χ4n) is 0.663. The van der Waals surface area contributed by atoms with Gasteiger partial charge in [0, 0.05) is 0 Å². The molecule has 0 fully saturated rings. The molecule has 0 aliphatic heterocycles. The van der Waals surface area contributed by atoms with Gasteiger partial charge in [-0.1, -0.05) is 25.3 Å². The molecule has 4 heteroatoms. The third kappa shape index (κ3) is 8.50. The zero-order valence-electron chi connectivity index (χ0n) is 8.93. The summed E-state index contributed by atoms with van der Waals surface area (Å²) < 4.78 is 9.25. The summed E-state index contributed by atoms with van der Waals surface area (Å²) in [6.45, 7) is 6.81. The van der Waals surface area contributed by atoms with Crippen molar-refractivity contribution in [1.82, 2.24) is 0 Å². The van der Waals surface area contributed by atoms with Crippen molar-refractivity contribution in [2.45, 2.75) is 12.8 Å². The van der Waals surface area contributed by atoms with Gasteiger partial charge in [-0.05, 0) is 12.2 Å². The largest absolute Gasteiger partial charge is 0.434 e. The maximum atomic E-state index is 11.0. The zero-order valence-corrected chi connectivity index (χ0v) is 8.93. The molecule has 0 saturated carbocycles. The monoisotopic (exact) mass is 222 g/mol. The molecule has 0 bridgehead atoms. The van der Waals surface area contributed by atoms with Gasteiger partial charge < -0.3 is 9.47 Å². The van der Waals surface area contributed by atoms with E-state index in [1.165, 1.54) is 36.8 Å². The van der Waals surface area contributed by atoms with Crippen molar-refractivity contribution in [2.75, 3.05) is 0 Å². The van der Waals surface area contributed by atoms with Crippen LogP contribution in [0.15, 0.2) is 50.0 Å².